The van der Waals surface area contributed by atoms with Crippen molar-refractivity contribution < 1.29 is 0 Å². The summed E-state index contributed by atoms with van der Waals surface area (Å²) >= 11 is 0. The molecule has 3 N–H and O–H groups in total. The maximum atomic E-state index is 5.95. The molecule has 0 aromatic carbocycles. The van der Waals surface area contributed by atoms with Gasteiger partial charge >= 0.3 is 0 Å². The molecule has 120 valence electrons. The molecule has 23 heavy (non-hydrogen) atoms. The first-order valence-corrected chi connectivity index (χ1v) is 7.35. The normalized spacial score (nSPS) is 12.3. The monoisotopic (exact) mass is 312 g/mol. The molecule has 0 bridgehead atoms. The Balaban J connectivity index is 1.85. The fourth-order valence-corrected chi connectivity index (χ4v) is 2.59. The van der Waals surface area contributed by atoms with Crippen LogP contribution in [0.5, 0.6) is 0 Å². The molecule has 0 aliphatic heterocycles. The van der Waals surface area contributed by atoms with Crippen LogP contribution in [0.2, 0.25) is 0 Å². The second-order valence-electron chi connectivity index (χ2n) is 5.59. The summed E-state index contributed by atoms with van der Waals surface area (Å²) in [6.45, 7) is 5.95. The summed E-state index contributed by atoms with van der Waals surface area (Å²) in [5.41, 5.74) is 8.91. The van der Waals surface area contributed by atoms with Crippen LogP contribution in [0.15, 0.2) is 24.7 Å². The van der Waals surface area contributed by atoms with E-state index in [9.17, 15) is 0 Å². The van der Waals surface area contributed by atoms with E-state index in [2.05, 4.69) is 32.4 Å². The zero-order valence-electron chi connectivity index (χ0n) is 13.6. The van der Waals surface area contributed by atoms with Crippen molar-refractivity contribution >= 4 is 11.6 Å². The quantitative estimate of drug-likeness (QED) is 0.761. The number of nitrogens with two attached hydrogens (primary N) is 1. The van der Waals surface area contributed by atoms with E-state index in [1.165, 1.54) is 6.33 Å². The highest BCUT2D eigenvalue weighted by molar-refractivity contribution is 5.46. The summed E-state index contributed by atoms with van der Waals surface area (Å²) < 4.78 is 3.41. The number of aromatic nitrogens is 6. The number of rotatable bonds is 4. The minimum absolute atomic E-state index is 0.0724. The molecule has 0 amide bonds. The van der Waals surface area contributed by atoms with Gasteiger partial charge in [0.2, 0.25) is 0 Å². The van der Waals surface area contributed by atoms with E-state index >= 15 is 0 Å². The van der Waals surface area contributed by atoms with Gasteiger partial charge in [-0.2, -0.15) is 14.9 Å². The SMILES string of the molecule is Cc1cc(N)n(-c2cc(N[C@@H](C)c3cn(C)nc3C)ncn2)n1. The second-order valence-corrected chi connectivity index (χ2v) is 5.59. The average molecular weight is 312 g/mol. The highest BCUT2D eigenvalue weighted by atomic mass is 15.3. The molecule has 3 heterocycles. The van der Waals surface area contributed by atoms with Gasteiger partial charge in [-0.05, 0) is 20.8 Å². The molecule has 0 fully saturated rings. The predicted octanol–water partition coefficient (Wildman–Crippen LogP) is 1.77. The topological polar surface area (TPSA) is 99.5 Å². The molecule has 0 unspecified atom stereocenters. The fraction of sp³-hybridized carbons (Fsp3) is 0.333. The molecular formula is C15H20N8. The van der Waals surface area contributed by atoms with Crippen molar-refractivity contribution in [1.82, 2.24) is 29.5 Å². The number of hydrogen-bond acceptors (Lipinski definition) is 6. The van der Waals surface area contributed by atoms with Crippen LogP contribution in [0.1, 0.15) is 29.9 Å². The molecule has 8 nitrogen and oxygen atoms in total. The largest absolute Gasteiger partial charge is 0.384 e. The van der Waals surface area contributed by atoms with Crippen molar-refractivity contribution in [3.8, 4) is 5.82 Å². The lowest BCUT2D eigenvalue weighted by Crippen LogP contribution is -2.10. The van der Waals surface area contributed by atoms with E-state index in [-0.39, 0.29) is 6.04 Å². The van der Waals surface area contributed by atoms with E-state index in [1.54, 1.807) is 10.7 Å². The molecule has 3 aromatic rings. The third-order valence-electron chi connectivity index (χ3n) is 3.61. The summed E-state index contributed by atoms with van der Waals surface area (Å²) in [6.07, 6.45) is 3.50. The van der Waals surface area contributed by atoms with Gasteiger partial charge in [0.15, 0.2) is 5.82 Å². The van der Waals surface area contributed by atoms with Crippen LogP contribution in [-0.4, -0.2) is 29.5 Å². The predicted molar refractivity (Wildman–Crippen MR) is 88.3 cm³/mol. The molecule has 0 aliphatic carbocycles. The Morgan fingerprint density at radius 3 is 2.57 bits per heavy atom. The van der Waals surface area contributed by atoms with Crippen molar-refractivity contribution in [2.45, 2.75) is 26.8 Å². The molecular weight excluding hydrogens is 292 g/mol. The summed E-state index contributed by atoms with van der Waals surface area (Å²) in [5.74, 6) is 1.88. The molecule has 3 rings (SSSR count). The molecule has 0 spiro atoms. The van der Waals surface area contributed by atoms with E-state index in [4.69, 9.17) is 5.73 Å². The molecule has 3 aromatic heterocycles. The lowest BCUT2D eigenvalue weighted by molar-refractivity contribution is 0.756. The van der Waals surface area contributed by atoms with Crippen LogP contribution in [0.4, 0.5) is 11.6 Å². The van der Waals surface area contributed by atoms with E-state index in [0.29, 0.717) is 17.5 Å². The summed E-state index contributed by atoms with van der Waals surface area (Å²) in [6, 6.07) is 3.70. The molecule has 1 atom stereocenters. The molecule has 8 heteroatoms. The van der Waals surface area contributed by atoms with Gasteiger partial charge in [-0.25, -0.2) is 9.97 Å². The number of hydrogen-bond donors (Lipinski definition) is 2. The second kappa shape index (κ2) is 5.71. The Morgan fingerprint density at radius 1 is 1.17 bits per heavy atom. The minimum Gasteiger partial charge on any atom is -0.384 e. The lowest BCUT2D eigenvalue weighted by atomic mass is 10.1. The third-order valence-corrected chi connectivity index (χ3v) is 3.61. The first-order chi connectivity index (χ1) is 10.9. The van der Waals surface area contributed by atoms with Crippen LogP contribution < -0.4 is 11.1 Å². The minimum atomic E-state index is 0.0724. The Morgan fingerprint density at radius 2 is 1.96 bits per heavy atom. The number of nitrogen functional groups attached to an aromatic ring is 1. The highest BCUT2D eigenvalue weighted by Crippen LogP contribution is 2.21. The van der Waals surface area contributed by atoms with Crippen molar-refractivity contribution in [3.63, 3.8) is 0 Å². The lowest BCUT2D eigenvalue weighted by Gasteiger charge is -2.14. The molecule has 0 radical (unpaired) electrons. The van der Waals surface area contributed by atoms with Gasteiger partial charge in [-0.15, -0.1) is 0 Å². The Hall–Kier alpha value is -2.90. The van der Waals surface area contributed by atoms with Gasteiger partial charge in [0, 0.05) is 30.9 Å². The number of aryl methyl sites for hydroxylation is 3. The maximum absolute atomic E-state index is 5.95. The van der Waals surface area contributed by atoms with Gasteiger partial charge in [0.25, 0.3) is 0 Å². The molecule has 0 saturated carbocycles. The highest BCUT2D eigenvalue weighted by Gasteiger charge is 2.13. The van der Waals surface area contributed by atoms with Crippen LogP contribution in [0.3, 0.4) is 0 Å². The van der Waals surface area contributed by atoms with E-state index in [1.807, 2.05) is 37.8 Å². The van der Waals surface area contributed by atoms with Crippen molar-refractivity contribution in [2.75, 3.05) is 11.1 Å². The van der Waals surface area contributed by atoms with Crippen molar-refractivity contribution in [3.05, 3.63) is 41.6 Å². The maximum Gasteiger partial charge on any atom is 0.161 e. The number of nitrogens with one attached hydrogen (secondary N) is 1. The summed E-state index contributed by atoms with van der Waals surface area (Å²) in [7, 11) is 1.91. The Bertz CT molecular complexity index is 832. The van der Waals surface area contributed by atoms with Crippen molar-refractivity contribution in [1.29, 1.82) is 0 Å². The first-order valence-electron chi connectivity index (χ1n) is 7.35. The Kier molecular flexibility index (Phi) is 3.73. The molecule has 0 aliphatic rings. The van der Waals surface area contributed by atoms with Crippen molar-refractivity contribution in [2.24, 2.45) is 7.05 Å². The van der Waals surface area contributed by atoms with Gasteiger partial charge in [-0.3, -0.25) is 4.68 Å². The Labute approximate surface area is 134 Å². The number of nitrogens with zero attached hydrogens (tertiary/aromatic N) is 6. The molecule has 0 saturated heterocycles. The smallest absolute Gasteiger partial charge is 0.161 e. The third kappa shape index (κ3) is 3.01. The van der Waals surface area contributed by atoms with Gasteiger partial charge in [0.1, 0.15) is 18.0 Å². The van der Waals surface area contributed by atoms with Crippen LogP contribution in [-0.2, 0) is 7.05 Å². The summed E-state index contributed by atoms with van der Waals surface area (Å²) in [4.78, 5) is 8.51. The first kappa shape index (κ1) is 15.0. The zero-order chi connectivity index (χ0) is 16.6. The fourth-order valence-electron chi connectivity index (χ4n) is 2.59. The van der Waals surface area contributed by atoms with E-state index < -0.39 is 0 Å². The van der Waals surface area contributed by atoms with Crippen LogP contribution >= 0.6 is 0 Å². The van der Waals surface area contributed by atoms with Gasteiger partial charge in [-0.1, -0.05) is 0 Å². The van der Waals surface area contributed by atoms with Crippen LogP contribution in [0, 0.1) is 13.8 Å². The standard InChI is InChI=1S/C15H20N8/c1-9-5-13(16)23(20-9)15-6-14(17-8-18-15)19-10(2)12-7-22(4)21-11(12)3/h5-8,10H,16H2,1-4H3,(H,17,18,19)/t10-/m0/s1. The van der Waals surface area contributed by atoms with Crippen LogP contribution in [0.25, 0.3) is 5.82 Å². The average Bonchev–Trinajstić information content (AvgIpc) is 3.00. The van der Waals surface area contributed by atoms with Gasteiger partial charge in [0.05, 0.1) is 17.4 Å². The zero-order valence-corrected chi connectivity index (χ0v) is 13.6. The summed E-state index contributed by atoms with van der Waals surface area (Å²) in [5, 5.41) is 12.1. The van der Waals surface area contributed by atoms with E-state index in [0.717, 1.165) is 17.0 Å². The van der Waals surface area contributed by atoms with Gasteiger partial charge < -0.3 is 11.1 Å². The number of anilines is 2.